The number of aliphatic hydroxyl groups excluding tert-OH is 1. The second-order valence-corrected chi connectivity index (χ2v) is 7.13. The standard InChI is InChI=1S/C20H22N4O3/c25-18-13-23(12-15(18)10-16-11-21-7-8-22-16)20(27)14-3-5-17(6-4-14)24-9-1-2-19(24)26/h3-8,11,15,18,25H,1-2,9-10,12-13H2/t15-,18-/m1/s1. The van der Waals surface area contributed by atoms with Crippen molar-refractivity contribution in [1.29, 1.82) is 0 Å². The summed E-state index contributed by atoms with van der Waals surface area (Å²) < 4.78 is 0. The summed E-state index contributed by atoms with van der Waals surface area (Å²) in [6.45, 7) is 1.54. The molecule has 27 heavy (non-hydrogen) atoms. The summed E-state index contributed by atoms with van der Waals surface area (Å²) in [5.74, 6) is -0.0225. The lowest BCUT2D eigenvalue weighted by Crippen LogP contribution is -2.29. The molecule has 2 saturated heterocycles. The molecule has 0 radical (unpaired) electrons. The van der Waals surface area contributed by atoms with Crippen LogP contribution >= 0.6 is 0 Å². The fourth-order valence-corrected chi connectivity index (χ4v) is 3.81. The van der Waals surface area contributed by atoms with Gasteiger partial charge in [-0.05, 0) is 37.1 Å². The van der Waals surface area contributed by atoms with Crippen LogP contribution in [0, 0.1) is 5.92 Å². The van der Waals surface area contributed by atoms with E-state index in [-0.39, 0.29) is 17.7 Å². The molecule has 2 aromatic rings. The minimum Gasteiger partial charge on any atom is -0.391 e. The van der Waals surface area contributed by atoms with Crippen molar-refractivity contribution in [2.24, 2.45) is 5.92 Å². The minimum absolute atomic E-state index is 0.0489. The quantitative estimate of drug-likeness (QED) is 0.881. The highest BCUT2D eigenvalue weighted by Crippen LogP contribution is 2.25. The zero-order chi connectivity index (χ0) is 18.8. The van der Waals surface area contributed by atoms with E-state index in [4.69, 9.17) is 0 Å². The van der Waals surface area contributed by atoms with Crippen molar-refractivity contribution in [1.82, 2.24) is 14.9 Å². The van der Waals surface area contributed by atoms with Crippen molar-refractivity contribution < 1.29 is 14.7 Å². The first-order valence-electron chi connectivity index (χ1n) is 9.24. The number of rotatable bonds is 4. The summed E-state index contributed by atoms with van der Waals surface area (Å²) in [6, 6.07) is 7.15. The Labute approximate surface area is 157 Å². The number of aromatic nitrogens is 2. The number of likely N-dealkylation sites (tertiary alicyclic amines) is 1. The molecule has 2 atom stereocenters. The fourth-order valence-electron chi connectivity index (χ4n) is 3.81. The number of hydrogen-bond donors (Lipinski definition) is 1. The molecule has 0 spiro atoms. The van der Waals surface area contributed by atoms with E-state index in [2.05, 4.69) is 9.97 Å². The van der Waals surface area contributed by atoms with E-state index < -0.39 is 6.10 Å². The van der Waals surface area contributed by atoms with Crippen LogP contribution < -0.4 is 4.90 Å². The lowest BCUT2D eigenvalue weighted by Gasteiger charge is -2.18. The van der Waals surface area contributed by atoms with E-state index in [0.29, 0.717) is 31.5 Å². The van der Waals surface area contributed by atoms with Crippen LogP contribution in [0.3, 0.4) is 0 Å². The van der Waals surface area contributed by atoms with E-state index in [1.807, 2.05) is 12.1 Å². The van der Waals surface area contributed by atoms with Gasteiger partial charge in [-0.1, -0.05) is 0 Å². The summed E-state index contributed by atoms with van der Waals surface area (Å²) in [6.07, 6.45) is 6.41. The highest BCUT2D eigenvalue weighted by atomic mass is 16.3. The van der Waals surface area contributed by atoms with Crippen LogP contribution in [0.15, 0.2) is 42.9 Å². The van der Waals surface area contributed by atoms with Crippen molar-refractivity contribution in [2.75, 3.05) is 24.5 Å². The highest BCUT2D eigenvalue weighted by Gasteiger charge is 2.34. The van der Waals surface area contributed by atoms with Gasteiger partial charge < -0.3 is 14.9 Å². The maximum Gasteiger partial charge on any atom is 0.253 e. The molecule has 1 aromatic carbocycles. The molecule has 1 aromatic heterocycles. The van der Waals surface area contributed by atoms with Gasteiger partial charge in [0.2, 0.25) is 5.91 Å². The molecule has 0 saturated carbocycles. The fraction of sp³-hybridized carbons (Fsp3) is 0.400. The molecular weight excluding hydrogens is 344 g/mol. The number of amides is 2. The topological polar surface area (TPSA) is 86.6 Å². The first kappa shape index (κ1) is 17.6. The normalized spacial score (nSPS) is 22.5. The second-order valence-electron chi connectivity index (χ2n) is 7.13. The minimum atomic E-state index is -0.572. The maximum absolute atomic E-state index is 12.8. The Morgan fingerprint density at radius 2 is 2.00 bits per heavy atom. The smallest absolute Gasteiger partial charge is 0.253 e. The van der Waals surface area contributed by atoms with Gasteiger partial charge in [-0.3, -0.25) is 19.6 Å². The largest absolute Gasteiger partial charge is 0.391 e. The number of benzene rings is 1. The molecule has 2 aliphatic rings. The monoisotopic (exact) mass is 366 g/mol. The van der Waals surface area contributed by atoms with Gasteiger partial charge in [-0.15, -0.1) is 0 Å². The Morgan fingerprint density at radius 3 is 2.67 bits per heavy atom. The molecule has 0 bridgehead atoms. The van der Waals surface area contributed by atoms with E-state index in [0.717, 1.165) is 24.3 Å². The predicted octanol–water partition coefficient (Wildman–Crippen LogP) is 1.28. The molecule has 2 amide bonds. The molecule has 0 aliphatic carbocycles. The van der Waals surface area contributed by atoms with Crippen molar-refractivity contribution in [2.45, 2.75) is 25.4 Å². The number of aliphatic hydroxyl groups is 1. The van der Waals surface area contributed by atoms with Crippen molar-refractivity contribution in [3.05, 3.63) is 54.1 Å². The number of hydrogen-bond acceptors (Lipinski definition) is 5. The van der Waals surface area contributed by atoms with Crippen LogP contribution in [0.25, 0.3) is 0 Å². The summed E-state index contributed by atoms with van der Waals surface area (Å²) in [5.41, 5.74) is 2.21. The molecule has 0 unspecified atom stereocenters. The van der Waals surface area contributed by atoms with Crippen molar-refractivity contribution in [3.63, 3.8) is 0 Å². The van der Waals surface area contributed by atoms with Gasteiger partial charge in [0.05, 0.1) is 11.8 Å². The number of carbonyl (C=O) groups is 2. The molecule has 3 heterocycles. The van der Waals surface area contributed by atoms with Crippen LogP contribution in [0.5, 0.6) is 0 Å². The Balaban J connectivity index is 1.41. The summed E-state index contributed by atoms with van der Waals surface area (Å²) in [4.78, 5) is 36.4. The Hall–Kier alpha value is -2.80. The first-order valence-corrected chi connectivity index (χ1v) is 9.24. The van der Waals surface area contributed by atoms with Crippen LogP contribution in [0.1, 0.15) is 28.9 Å². The van der Waals surface area contributed by atoms with Gasteiger partial charge in [0.1, 0.15) is 0 Å². The SMILES string of the molecule is O=C(c1ccc(N2CCCC2=O)cc1)N1C[C@@H](Cc2cnccn2)[C@H](O)C1. The van der Waals surface area contributed by atoms with E-state index in [1.54, 1.807) is 40.5 Å². The molecule has 1 N–H and O–H groups in total. The highest BCUT2D eigenvalue weighted by molar-refractivity contribution is 5.97. The van der Waals surface area contributed by atoms with Crippen molar-refractivity contribution in [3.8, 4) is 0 Å². The van der Waals surface area contributed by atoms with Crippen LogP contribution in [-0.4, -0.2) is 57.5 Å². The Morgan fingerprint density at radius 1 is 1.19 bits per heavy atom. The number of nitrogens with zero attached hydrogens (tertiary/aromatic N) is 4. The molecule has 2 fully saturated rings. The van der Waals surface area contributed by atoms with Gasteiger partial charge in [0, 0.05) is 61.8 Å². The van der Waals surface area contributed by atoms with Gasteiger partial charge in [-0.2, -0.15) is 0 Å². The van der Waals surface area contributed by atoms with Gasteiger partial charge in [0.25, 0.3) is 5.91 Å². The molecule has 4 rings (SSSR count). The Kier molecular flexibility index (Phi) is 4.85. The second kappa shape index (κ2) is 7.44. The molecule has 7 nitrogen and oxygen atoms in total. The lowest BCUT2D eigenvalue weighted by atomic mass is 10.0. The summed E-state index contributed by atoms with van der Waals surface area (Å²) in [7, 11) is 0. The molecular formula is C20H22N4O3. The lowest BCUT2D eigenvalue weighted by molar-refractivity contribution is -0.117. The zero-order valence-corrected chi connectivity index (χ0v) is 15.0. The third-order valence-electron chi connectivity index (χ3n) is 5.28. The number of carbonyl (C=O) groups excluding carboxylic acids is 2. The maximum atomic E-state index is 12.8. The van der Waals surface area contributed by atoms with E-state index in [1.165, 1.54) is 0 Å². The van der Waals surface area contributed by atoms with Gasteiger partial charge in [0.15, 0.2) is 0 Å². The third kappa shape index (κ3) is 3.68. The van der Waals surface area contributed by atoms with E-state index in [9.17, 15) is 14.7 Å². The van der Waals surface area contributed by atoms with E-state index >= 15 is 0 Å². The average Bonchev–Trinajstić information content (AvgIpc) is 3.28. The average molecular weight is 366 g/mol. The van der Waals surface area contributed by atoms with Gasteiger partial charge >= 0.3 is 0 Å². The molecule has 140 valence electrons. The van der Waals surface area contributed by atoms with Crippen LogP contribution in [-0.2, 0) is 11.2 Å². The molecule has 2 aliphatic heterocycles. The first-order chi connectivity index (χ1) is 13.1. The van der Waals surface area contributed by atoms with Crippen LogP contribution in [0.2, 0.25) is 0 Å². The number of anilines is 1. The zero-order valence-electron chi connectivity index (χ0n) is 15.0. The third-order valence-corrected chi connectivity index (χ3v) is 5.28. The van der Waals surface area contributed by atoms with Crippen molar-refractivity contribution >= 4 is 17.5 Å². The number of β-amino-alcohol motifs (C(OH)–C–C–N with tert-alkyl or cyclic N) is 1. The predicted molar refractivity (Wildman–Crippen MR) is 99.2 cm³/mol. The van der Waals surface area contributed by atoms with Crippen LogP contribution in [0.4, 0.5) is 5.69 Å². The Bertz CT molecular complexity index is 825. The summed E-state index contributed by atoms with van der Waals surface area (Å²) >= 11 is 0. The molecule has 7 heteroatoms. The van der Waals surface area contributed by atoms with Gasteiger partial charge in [-0.25, -0.2) is 0 Å². The summed E-state index contributed by atoms with van der Waals surface area (Å²) in [5, 5.41) is 10.3.